The van der Waals surface area contributed by atoms with Crippen LogP contribution in [-0.2, 0) is 0 Å². The number of aromatic nitrogens is 3. The Kier molecular flexibility index (Phi) is 4.84. The molecule has 0 radical (unpaired) electrons. The molecule has 0 bridgehead atoms. The van der Waals surface area contributed by atoms with Gasteiger partial charge < -0.3 is 10.6 Å². The highest BCUT2D eigenvalue weighted by Gasteiger charge is 2.22. The maximum atomic E-state index is 10.8. The molecule has 28 heavy (non-hydrogen) atoms. The zero-order valence-corrected chi connectivity index (χ0v) is 15.3. The van der Waals surface area contributed by atoms with Crippen LogP contribution in [0.15, 0.2) is 60.2 Å². The number of hydrogen-bond donors (Lipinski definition) is 2. The smallest absolute Gasteiger partial charge is 0.129 e. The van der Waals surface area contributed by atoms with Crippen LogP contribution in [0.25, 0.3) is 0 Å². The first kappa shape index (κ1) is 17.8. The van der Waals surface area contributed by atoms with E-state index in [0.29, 0.717) is 22.9 Å². The fourth-order valence-electron chi connectivity index (χ4n) is 3.58. The van der Waals surface area contributed by atoms with Crippen molar-refractivity contribution in [3.05, 3.63) is 71.0 Å². The Labute approximate surface area is 162 Å². The minimum Gasteiger partial charge on any atom is -0.398 e. The molecule has 0 aliphatic carbocycles. The van der Waals surface area contributed by atoms with Crippen LogP contribution in [0.5, 0.6) is 0 Å². The fourth-order valence-corrected chi connectivity index (χ4v) is 3.58. The third-order valence-electron chi connectivity index (χ3n) is 5.13. The summed E-state index contributed by atoms with van der Waals surface area (Å²) in [6, 6.07) is 10.7. The van der Waals surface area contributed by atoms with Crippen molar-refractivity contribution in [3.63, 3.8) is 0 Å². The maximum absolute atomic E-state index is 10.8. The van der Waals surface area contributed by atoms with Crippen molar-refractivity contribution in [2.75, 3.05) is 23.7 Å². The summed E-state index contributed by atoms with van der Waals surface area (Å²) in [5.41, 5.74) is 8.14. The van der Waals surface area contributed by atoms with Crippen LogP contribution in [0.4, 0.5) is 17.2 Å². The van der Waals surface area contributed by atoms with E-state index in [2.05, 4.69) is 20.2 Å². The van der Waals surface area contributed by atoms with Gasteiger partial charge in [-0.2, -0.15) is 5.10 Å². The zero-order chi connectivity index (χ0) is 19.5. The number of anilines is 2. The summed E-state index contributed by atoms with van der Waals surface area (Å²) >= 11 is 0. The van der Waals surface area contributed by atoms with Crippen LogP contribution in [0, 0.1) is 10.3 Å². The van der Waals surface area contributed by atoms with Gasteiger partial charge in [0.05, 0.1) is 11.8 Å². The number of nitrogens with zero attached hydrogens (tertiary/aromatic N) is 5. The Morgan fingerprint density at radius 2 is 2.00 bits per heavy atom. The third-order valence-corrected chi connectivity index (χ3v) is 5.13. The van der Waals surface area contributed by atoms with Gasteiger partial charge in [-0.1, -0.05) is 0 Å². The Hall–Kier alpha value is -3.55. The molecule has 1 aromatic carbocycles. The van der Waals surface area contributed by atoms with E-state index in [0.717, 1.165) is 31.7 Å². The number of rotatable bonds is 5. The summed E-state index contributed by atoms with van der Waals surface area (Å²) in [5.74, 6) is 0.837. The number of nitrogens with two attached hydrogens (primary N) is 1. The van der Waals surface area contributed by atoms with E-state index in [1.165, 1.54) is 0 Å². The predicted octanol–water partition coefficient (Wildman–Crippen LogP) is 3.52. The lowest BCUT2D eigenvalue weighted by atomic mass is 10.0. The van der Waals surface area contributed by atoms with Crippen molar-refractivity contribution in [1.82, 2.24) is 14.8 Å². The topological polar surface area (TPSA) is 113 Å². The molecule has 0 saturated carbocycles. The summed E-state index contributed by atoms with van der Waals surface area (Å²) in [7, 11) is 0. The number of benzene rings is 1. The van der Waals surface area contributed by atoms with Gasteiger partial charge in [-0.15, -0.1) is 4.91 Å². The maximum Gasteiger partial charge on any atom is 0.129 e. The Morgan fingerprint density at radius 1 is 1.18 bits per heavy atom. The van der Waals surface area contributed by atoms with Crippen molar-refractivity contribution in [3.8, 4) is 0 Å². The van der Waals surface area contributed by atoms with Gasteiger partial charge in [0.2, 0.25) is 0 Å². The summed E-state index contributed by atoms with van der Waals surface area (Å²) in [6.45, 7) is 1.75. The van der Waals surface area contributed by atoms with E-state index in [1.54, 1.807) is 30.5 Å². The molecule has 1 fully saturated rings. The molecule has 0 spiro atoms. The van der Waals surface area contributed by atoms with Crippen LogP contribution < -0.4 is 10.6 Å². The summed E-state index contributed by atoms with van der Waals surface area (Å²) in [6.07, 6.45) is 7.50. The number of nitroso groups, excluding NO2 is 1. The monoisotopic (exact) mass is 375 g/mol. The van der Waals surface area contributed by atoms with E-state index in [-0.39, 0.29) is 11.4 Å². The lowest BCUT2D eigenvalue weighted by Crippen LogP contribution is -2.35. The highest BCUT2D eigenvalue weighted by atomic mass is 16.3. The quantitative estimate of drug-likeness (QED) is 0.402. The zero-order valence-electron chi connectivity index (χ0n) is 15.3. The van der Waals surface area contributed by atoms with Crippen molar-refractivity contribution in [2.45, 2.75) is 18.9 Å². The van der Waals surface area contributed by atoms with Crippen LogP contribution in [0.3, 0.4) is 0 Å². The average Bonchev–Trinajstić information content (AvgIpc) is 3.29. The molecule has 3 aromatic rings. The van der Waals surface area contributed by atoms with Crippen LogP contribution in [0.1, 0.15) is 30.0 Å². The number of piperidine rings is 1. The lowest BCUT2D eigenvalue weighted by Gasteiger charge is -2.33. The van der Waals surface area contributed by atoms with E-state index in [4.69, 9.17) is 11.1 Å². The molecule has 8 nitrogen and oxygen atoms in total. The molecule has 1 aliphatic heterocycles. The van der Waals surface area contributed by atoms with Crippen LogP contribution in [0.2, 0.25) is 0 Å². The van der Waals surface area contributed by atoms with Gasteiger partial charge in [-0.05, 0) is 54.4 Å². The predicted molar refractivity (Wildman–Crippen MR) is 109 cm³/mol. The number of hydrogen-bond acceptors (Lipinski definition) is 7. The minimum atomic E-state index is 0.248. The van der Waals surface area contributed by atoms with Crippen LogP contribution in [-0.4, -0.2) is 33.6 Å². The van der Waals surface area contributed by atoms with Crippen molar-refractivity contribution in [2.24, 2.45) is 5.18 Å². The van der Waals surface area contributed by atoms with Crippen molar-refractivity contribution in [1.29, 1.82) is 5.41 Å². The average molecular weight is 375 g/mol. The first-order valence-electron chi connectivity index (χ1n) is 9.18. The van der Waals surface area contributed by atoms with Crippen LogP contribution >= 0.6 is 0 Å². The highest BCUT2D eigenvalue weighted by molar-refractivity contribution is 6.14. The number of pyridine rings is 1. The summed E-state index contributed by atoms with van der Waals surface area (Å²) < 4.78 is 2.02. The second kappa shape index (κ2) is 7.59. The molecule has 3 heterocycles. The third kappa shape index (κ3) is 3.48. The second-order valence-corrected chi connectivity index (χ2v) is 6.84. The fraction of sp³-hybridized carbons (Fsp3) is 0.250. The van der Waals surface area contributed by atoms with E-state index >= 15 is 0 Å². The second-order valence-electron chi connectivity index (χ2n) is 6.84. The Bertz CT molecular complexity index is 992. The van der Waals surface area contributed by atoms with Gasteiger partial charge in [-0.25, -0.2) is 4.98 Å². The summed E-state index contributed by atoms with van der Waals surface area (Å²) in [4.78, 5) is 17.5. The summed E-state index contributed by atoms with van der Waals surface area (Å²) in [5, 5.41) is 15.8. The largest absolute Gasteiger partial charge is 0.398 e. The van der Waals surface area contributed by atoms with Gasteiger partial charge in [0.25, 0.3) is 0 Å². The molecule has 0 atom stereocenters. The lowest BCUT2D eigenvalue weighted by molar-refractivity contribution is 0.366. The van der Waals surface area contributed by atoms with Crippen molar-refractivity contribution >= 4 is 22.9 Å². The Balaban J connectivity index is 1.52. The minimum absolute atomic E-state index is 0.248. The SMILES string of the molecule is N=C(c1ccnc(N2CCC(n3cccn3)CC2)c1)c1cc(N=O)ccc1N. The van der Waals surface area contributed by atoms with Gasteiger partial charge in [0.1, 0.15) is 11.5 Å². The first-order chi connectivity index (χ1) is 13.7. The van der Waals surface area contributed by atoms with Gasteiger partial charge >= 0.3 is 0 Å². The first-order valence-corrected chi connectivity index (χ1v) is 9.18. The van der Waals surface area contributed by atoms with E-state index < -0.39 is 0 Å². The number of nitrogens with one attached hydrogen (secondary N) is 1. The molecule has 142 valence electrons. The molecule has 1 saturated heterocycles. The van der Waals surface area contributed by atoms with Crippen molar-refractivity contribution < 1.29 is 0 Å². The molecule has 1 aliphatic rings. The molecule has 0 amide bonds. The van der Waals surface area contributed by atoms with Gasteiger partial charge in [-0.3, -0.25) is 10.1 Å². The molecule has 4 rings (SSSR count). The van der Waals surface area contributed by atoms with E-state index in [1.807, 2.05) is 29.2 Å². The molecular weight excluding hydrogens is 354 g/mol. The highest BCUT2D eigenvalue weighted by Crippen LogP contribution is 2.27. The number of nitrogen functional groups attached to an aromatic ring is 1. The van der Waals surface area contributed by atoms with E-state index in [9.17, 15) is 4.91 Å². The molecule has 2 aromatic heterocycles. The molecular formula is C20H21N7O. The molecule has 0 unspecified atom stereocenters. The van der Waals surface area contributed by atoms with Gasteiger partial charge in [0.15, 0.2) is 0 Å². The molecule has 3 N–H and O–H groups in total. The Morgan fingerprint density at radius 3 is 2.71 bits per heavy atom. The molecule has 8 heteroatoms. The van der Waals surface area contributed by atoms with Gasteiger partial charge in [0, 0.05) is 48.5 Å². The normalized spacial score (nSPS) is 14.8. The standard InChI is InChI=1S/C20H21N7O/c21-18-3-2-15(25-28)13-17(18)20(22)14-4-8-23-19(12-14)26-10-5-16(6-11-26)27-9-1-7-24-27/h1-4,7-9,12-13,16,22H,5-6,10-11,21H2.